The molecule has 0 aromatic carbocycles. The predicted molar refractivity (Wildman–Crippen MR) is 112 cm³/mol. The highest BCUT2D eigenvalue weighted by atomic mass is 28.4. The molecule has 4 heteroatoms. The molecule has 0 bridgehead atoms. The Labute approximate surface area is 153 Å². The summed E-state index contributed by atoms with van der Waals surface area (Å²) in [5.74, 6) is 3.42. The Bertz CT molecular complexity index is 433. The van der Waals surface area contributed by atoms with Crippen molar-refractivity contribution in [3.63, 3.8) is 0 Å². The third-order valence-electron chi connectivity index (χ3n) is 4.78. The molecule has 140 valence electrons. The van der Waals surface area contributed by atoms with Crippen LogP contribution in [-0.4, -0.2) is 34.2 Å². The average Bonchev–Trinajstić information content (AvgIpc) is 2.41. The molecule has 0 saturated carbocycles. The first-order chi connectivity index (χ1) is 10.8. The Morgan fingerprint density at radius 2 is 1.71 bits per heavy atom. The maximum atomic E-state index is 10.4. The zero-order chi connectivity index (χ0) is 19.0. The van der Waals surface area contributed by atoms with E-state index in [0.29, 0.717) is 0 Å². The molecular weight excluding hydrogens is 328 g/mol. The molecule has 0 unspecified atom stereocenters. The van der Waals surface area contributed by atoms with Crippen LogP contribution < -0.4 is 0 Å². The van der Waals surface area contributed by atoms with Crippen molar-refractivity contribution in [3.05, 3.63) is 12.7 Å². The third-order valence-corrected chi connectivity index (χ3v) is 10.2. The molecule has 0 aromatic heterocycles. The largest absolute Gasteiger partial charge is 0.417 e. The minimum absolute atomic E-state index is 0.133. The van der Waals surface area contributed by atoms with E-state index >= 15 is 0 Å². The normalized spacial score (nSPS) is 15.4. The second-order valence-corrected chi connectivity index (χ2v) is 18.9. The van der Waals surface area contributed by atoms with Crippen molar-refractivity contribution in [3.8, 4) is 11.5 Å². The number of hydrogen-bond donors (Lipinski definition) is 1. The Kier molecular flexibility index (Phi) is 9.82. The van der Waals surface area contributed by atoms with Crippen LogP contribution >= 0.6 is 0 Å². The van der Waals surface area contributed by atoms with Gasteiger partial charge in [-0.2, -0.15) is 0 Å². The van der Waals surface area contributed by atoms with Gasteiger partial charge in [0, 0.05) is 18.9 Å². The van der Waals surface area contributed by atoms with Crippen LogP contribution in [0.25, 0.3) is 0 Å². The summed E-state index contributed by atoms with van der Waals surface area (Å²) >= 11 is 0. The van der Waals surface area contributed by atoms with Crippen molar-refractivity contribution in [2.75, 3.05) is 6.61 Å². The Morgan fingerprint density at radius 1 is 1.12 bits per heavy atom. The fourth-order valence-corrected chi connectivity index (χ4v) is 3.83. The quantitative estimate of drug-likeness (QED) is 0.248. The lowest BCUT2D eigenvalue weighted by Crippen LogP contribution is -2.41. The maximum Gasteiger partial charge on any atom is 0.191 e. The van der Waals surface area contributed by atoms with E-state index in [1.54, 1.807) is 0 Å². The van der Waals surface area contributed by atoms with Gasteiger partial charge >= 0.3 is 0 Å². The second kappa shape index (κ2) is 9.96. The van der Waals surface area contributed by atoms with Gasteiger partial charge in [0.2, 0.25) is 0 Å². The first-order valence-corrected chi connectivity index (χ1v) is 15.7. The molecule has 0 aliphatic carbocycles. The van der Waals surface area contributed by atoms with Crippen LogP contribution in [0, 0.1) is 17.4 Å². The van der Waals surface area contributed by atoms with Crippen LogP contribution in [0.2, 0.25) is 37.8 Å². The molecule has 0 spiro atoms. The van der Waals surface area contributed by atoms with Crippen LogP contribution in [0.3, 0.4) is 0 Å². The molecule has 2 atom stereocenters. The molecular formula is C20H40O2Si2. The van der Waals surface area contributed by atoms with E-state index in [9.17, 15) is 5.11 Å². The Balaban J connectivity index is 4.22. The van der Waals surface area contributed by atoms with E-state index in [0.717, 1.165) is 32.3 Å². The van der Waals surface area contributed by atoms with Crippen LogP contribution in [0.15, 0.2) is 12.7 Å². The lowest BCUT2D eigenvalue weighted by molar-refractivity contribution is 0.108. The first kappa shape index (κ1) is 23.7. The highest BCUT2D eigenvalue weighted by molar-refractivity contribution is 6.83. The smallest absolute Gasteiger partial charge is 0.191 e. The first-order valence-electron chi connectivity index (χ1n) is 9.25. The zero-order valence-corrected chi connectivity index (χ0v) is 19.3. The van der Waals surface area contributed by atoms with Crippen LogP contribution in [-0.2, 0) is 4.43 Å². The van der Waals surface area contributed by atoms with Crippen molar-refractivity contribution in [2.45, 2.75) is 90.3 Å². The Hall–Kier alpha value is -0.346. The molecule has 0 rings (SSSR count). The van der Waals surface area contributed by atoms with Crippen molar-refractivity contribution in [2.24, 2.45) is 5.92 Å². The summed E-state index contributed by atoms with van der Waals surface area (Å²) in [7, 11) is -2.96. The summed E-state index contributed by atoms with van der Waals surface area (Å²) < 4.78 is 6.18. The predicted octanol–water partition coefficient (Wildman–Crippen LogP) is 5.61. The molecule has 0 heterocycles. The van der Waals surface area contributed by atoms with Gasteiger partial charge in [-0.3, -0.25) is 0 Å². The van der Waals surface area contributed by atoms with E-state index in [4.69, 9.17) is 4.43 Å². The van der Waals surface area contributed by atoms with E-state index in [2.05, 4.69) is 71.5 Å². The van der Waals surface area contributed by atoms with E-state index < -0.39 is 16.4 Å². The fraction of sp³-hybridized carbons (Fsp3) is 0.800. The minimum Gasteiger partial charge on any atom is -0.417 e. The monoisotopic (exact) mass is 368 g/mol. The van der Waals surface area contributed by atoms with Crippen molar-refractivity contribution in [1.29, 1.82) is 0 Å². The lowest BCUT2D eigenvalue weighted by Gasteiger charge is -2.36. The number of rotatable bonds is 9. The summed E-state index contributed by atoms with van der Waals surface area (Å²) in [6.07, 6.45) is 4.96. The number of hydrogen-bond acceptors (Lipinski definition) is 2. The topological polar surface area (TPSA) is 29.5 Å². The zero-order valence-electron chi connectivity index (χ0n) is 17.3. The van der Waals surface area contributed by atoms with Crippen molar-refractivity contribution >= 4 is 16.4 Å². The van der Waals surface area contributed by atoms with Crippen LogP contribution in [0.4, 0.5) is 0 Å². The molecule has 1 N–H and O–H groups in total. The van der Waals surface area contributed by atoms with E-state index in [1.165, 1.54) is 0 Å². The molecule has 0 aliphatic heterocycles. The molecule has 24 heavy (non-hydrogen) atoms. The summed E-state index contributed by atoms with van der Waals surface area (Å²) in [5, 5.41) is 10.6. The fourth-order valence-electron chi connectivity index (χ4n) is 2.08. The van der Waals surface area contributed by atoms with Gasteiger partial charge in [-0.25, -0.2) is 0 Å². The summed E-state index contributed by atoms with van der Waals surface area (Å²) in [5.41, 5.74) is 3.38. The minimum atomic E-state index is -1.67. The third kappa shape index (κ3) is 9.83. The molecule has 0 fully saturated rings. The van der Waals surface area contributed by atoms with Gasteiger partial charge in [-0.15, -0.1) is 18.0 Å². The maximum absolute atomic E-state index is 10.4. The summed E-state index contributed by atoms with van der Waals surface area (Å²) in [4.78, 5) is 0. The van der Waals surface area contributed by atoms with E-state index in [1.807, 2.05) is 6.08 Å². The lowest BCUT2D eigenvalue weighted by atomic mass is 9.94. The molecule has 0 radical (unpaired) electrons. The van der Waals surface area contributed by atoms with Crippen molar-refractivity contribution in [1.82, 2.24) is 0 Å². The molecule has 0 aromatic rings. The summed E-state index contributed by atoms with van der Waals surface area (Å²) in [6.45, 7) is 22.7. The highest BCUT2D eigenvalue weighted by Crippen LogP contribution is 2.36. The standard InChI is InChI=1S/C20H40O2Si2/c1-10-18(14-11-12-17-23(5,6)7)19(21)15-13-16-22-24(8,9)20(2,3)4/h10,18-19,21H,1,11,13-16H2,2-9H3/t18-,19+/m0/s1. The van der Waals surface area contributed by atoms with Gasteiger partial charge < -0.3 is 9.53 Å². The van der Waals surface area contributed by atoms with Gasteiger partial charge in [0.25, 0.3) is 0 Å². The molecule has 0 saturated heterocycles. The molecule has 0 aliphatic rings. The van der Waals surface area contributed by atoms with Gasteiger partial charge in [-0.05, 0) is 37.4 Å². The SMILES string of the molecule is C=C[C@@H](CCC#C[Si](C)(C)C)[C@H](O)CCCO[Si](C)(C)C(C)(C)C. The van der Waals surface area contributed by atoms with Crippen LogP contribution in [0.1, 0.15) is 46.5 Å². The Morgan fingerprint density at radius 3 is 2.17 bits per heavy atom. The van der Waals surface area contributed by atoms with Crippen LogP contribution in [0.5, 0.6) is 0 Å². The van der Waals surface area contributed by atoms with Gasteiger partial charge in [0.05, 0.1) is 6.10 Å². The van der Waals surface area contributed by atoms with Gasteiger partial charge in [0.15, 0.2) is 8.32 Å². The molecule has 2 nitrogen and oxygen atoms in total. The number of aliphatic hydroxyl groups is 1. The summed E-state index contributed by atoms with van der Waals surface area (Å²) in [6, 6.07) is 0. The van der Waals surface area contributed by atoms with Gasteiger partial charge in [-0.1, -0.05) is 46.5 Å². The average molecular weight is 369 g/mol. The van der Waals surface area contributed by atoms with Crippen molar-refractivity contribution < 1.29 is 9.53 Å². The number of aliphatic hydroxyl groups excluding tert-OH is 1. The van der Waals surface area contributed by atoms with E-state index in [-0.39, 0.29) is 17.1 Å². The van der Waals surface area contributed by atoms with Gasteiger partial charge in [0.1, 0.15) is 8.07 Å². The second-order valence-electron chi connectivity index (χ2n) is 9.31. The molecule has 0 amide bonds. The highest BCUT2D eigenvalue weighted by Gasteiger charge is 2.36.